The van der Waals surface area contributed by atoms with Gasteiger partial charge in [0.1, 0.15) is 29.4 Å². The smallest absolute Gasteiger partial charge is 0.255 e. The van der Waals surface area contributed by atoms with E-state index >= 15 is 0 Å². The number of aliphatic hydroxyl groups excluding tert-OH is 3. The van der Waals surface area contributed by atoms with Crippen molar-refractivity contribution in [1.29, 1.82) is 0 Å². The molecule has 11 nitrogen and oxygen atoms in total. The van der Waals surface area contributed by atoms with Gasteiger partial charge in [0.25, 0.3) is 5.91 Å². The molecular formula is C28H26N2O9. The Morgan fingerprint density at radius 1 is 1.08 bits per heavy atom. The minimum atomic E-state index is -2.65. The predicted octanol–water partition coefficient (Wildman–Crippen LogP) is 0.699. The van der Waals surface area contributed by atoms with Crippen molar-refractivity contribution in [3.63, 3.8) is 0 Å². The highest BCUT2D eigenvalue weighted by Gasteiger charge is 2.60. The van der Waals surface area contributed by atoms with Gasteiger partial charge in [-0.3, -0.25) is 19.2 Å². The van der Waals surface area contributed by atoms with E-state index in [1.54, 1.807) is 18.2 Å². The molecule has 2 amide bonds. The molecule has 3 aliphatic carbocycles. The number of phenols is 1. The SMILES string of the molecule is NC(=O)C1=C(O)[C@@]2(O)C(=O)C3=C(O)c4c(O)c(CNC(=O)CO)cc(-c5ccccc5)c4C[C@H]3C[C@H]2CC1=O. The van der Waals surface area contributed by atoms with Gasteiger partial charge in [-0.15, -0.1) is 0 Å². The van der Waals surface area contributed by atoms with Crippen molar-refractivity contribution in [3.05, 3.63) is 70.0 Å². The zero-order valence-corrected chi connectivity index (χ0v) is 20.6. The summed E-state index contributed by atoms with van der Waals surface area (Å²) in [7, 11) is 0. The molecule has 0 saturated heterocycles. The fourth-order valence-electron chi connectivity index (χ4n) is 6.00. The third-order valence-electron chi connectivity index (χ3n) is 7.85. The van der Waals surface area contributed by atoms with Crippen molar-refractivity contribution in [1.82, 2.24) is 5.32 Å². The maximum atomic E-state index is 13.7. The molecule has 1 saturated carbocycles. The number of hydrogen-bond acceptors (Lipinski definition) is 9. The molecule has 8 N–H and O–H groups in total. The van der Waals surface area contributed by atoms with Crippen LogP contribution in [0.15, 0.2) is 53.3 Å². The molecule has 0 aromatic heterocycles. The molecule has 1 fully saturated rings. The largest absolute Gasteiger partial charge is 0.508 e. The first kappa shape index (κ1) is 26.1. The zero-order chi connectivity index (χ0) is 28.2. The minimum Gasteiger partial charge on any atom is -0.508 e. The molecule has 5 rings (SSSR count). The number of primary amides is 1. The average molecular weight is 535 g/mol. The number of carbonyl (C=O) groups is 4. The first-order valence-electron chi connectivity index (χ1n) is 12.3. The number of fused-ring (bicyclic) bond motifs is 3. The normalized spacial score (nSPS) is 24.2. The second-order valence-corrected chi connectivity index (χ2v) is 9.99. The van der Waals surface area contributed by atoms with E-state index in [2.05, 4.69) is 5.32 Å². The van der Waals surface area contributed by atoms with Crippen LogP contribution in [0.5, 0.6) is 5.75 Å². The Balaban J connectivity index is 1.72. The van der Waals surface area contributed by atoms with Crippen LogP contribution < -0.4 is 11.1 Å². The quantitative estimate of drug-likeness (QED) is 0.269. The summed E-state index contributed by atoms with van der Waals surface area (Å²) < 4.78 is 0. The Morgan fingerprint density at radius 2 is 1.77 bits per heavy atom. The van der Waals surface area contributed by atoms with Gasteiger partial charge in [0.15, 0.2) is 11.4 Å². The summed E-state index contributed by atoms with van der Waals surface area (Å²) in [5.41, 5.74) is 3.46. The van der Waals surface area contributed by atoms with Gasteiger partial charge in [-0.05, 0) is 41.5 Å². The van der Waals surface area contributed by atoms with Crippen LogP contribution in [0.2, 0.25) is 0 Å². The number of rotatable bonds is 5. The summed E-state index contributed by atoms with van der Waals surface area (Å²) in [6, 6.07) is 10.7. The number of aromatic hydroxyl groups is 1. The molecule has 3 aliphatic rings. The number of phenolic OH excluding ortho intramolecular Hbond substituents is 1. The van der Waals surface area contributed by atoms with Gasteiger partial charge in [0, 0.05) is 30.0 Å². The van der Waals surface area contributed by atoms with Crippen molar-refractivity contribution in [2.45, 2.75) is 31.4 Å². The van der Waals surface area contributed by atoms with Gasteiger partial charge >= 0.3 is 0 Å². The molecule has 2 aromatic rings. The fraction of sp³-hybridized carbons (Fsp3) is 0.286. The number of Topliss-reactive ketones (excluding diaryl/α,β-unsaturated/α-hetero) is 2. The molecule has 11 heteroatoms. The number of carbonyl (C=O) groups excluding carboxylic acids is 4. The standard InChI is InChI=1S/C28H26N2O9/c29-27(38)22-18(32)9-15-6-13-7-17-16(12-4-2-1-3-5-12)8-14(10-30-19(33)11-31)23(34)21(17)24(35)20(13)25(36)28(15,39)26(22)37/h1-5,8,13,15,31,34-35,37,39H,6-7,9-11H2,(H2,29,38)(H,30,33)/t13-,15+,28+/m1/s1. The number of nitrogens with one attached hydrogen (secondary N) is 1. The van der Waals surface area contributed by atoms with Gasteiger partial charge in [0.05, 0.1) is 5.56 Å². The number of aliphatic hydroxyl groups is 4. The number of amides is 2. The van der Waals surface area contributed by atoms with E-state index in [1.807, 2.05) is 18.2 Å². The summed E-state index contributed by atoms with van der Waals surface area (Å²) in [5.74, 6) is -7.75. The average Bonchev–Trinajstić information content (AvgIpc) is 2.90. The van der Waals surface area contributed by atoms with E-state index in [0.29, 0.717) is 11.1 Å². The van der Waals surface area contributed by atoms with Crippen LogP contribution in [0, 0.1) is 11.8 Å². The molecule has 0 unspecified atom stereocenters. The van der Waals surface area contributed by atoms with Crippen LogP contribution in [-0.4, -0.2) is 61.1 Å². The maximum Gasteiger partial charge on any atom is 0.255 e. The first-order chi connectivity index (χ1) is 18.5. The lowest BCUT2D eigenvalue weighted by molar-refractivity contribution is -0.147. The minimum absolute atomic E-state index is 0.0201. The van der Waals surface area contributed by atoms with Crippen molar-refractivity contribution in [2.24, 2.45) is 17.6 Å². The van der Waals surface area contributed by atoms with E-state index in [-0.39, 0.29) is 36.1 Å². The topological polar surface area (TPSA) is 207 Å². The summed E-state index contributed by atoms with van der Waals surface area (Å²) in [5, 5.41) is 56.3. The number of ketones is 2. The highest BCUT2D eigenvalue weighted by atomic mass is 16.3. The predicted molar refractivity (Wildman–Crippen MR) is 136 cm³/mol. The molecule has 0 heterocycles. The van der Waals surface area contributed by atoms with Gasteiger partial charge in [0.2, 0.25) is 11.7 Å². The molecular weight excluding hydrogens is 508 g/mol. The third kappa shape index (κ3) is 3.89. The molecule has 0 bridgehead atoms. The van der Waals surface area contributed by atoms with Gasteiger partial charge in [-0.2, -0.15) is 0 Å². The van der Waals surface area contributed by atoms with Crippen LogP contribution in [0.25, 0.3) is 16.9 Å². The van der Waals surface area contributed by atoms with E-state index < -0.39 is 76.7 Å². The molecule has 2 aromatic carbocycles. The zero-order valence-electron chi connectivity index (χ0n) is 20.6. The lowest BCUT2D eigenvalue weighted by Gasteiger charge is -2.46. The fourth-order valence-corrected chi connectivity index (χ4v) is 6.00. The number of nitrogens with two attached hydrogens (primary N) is 1. The lowest BCUT2D eigenvalue weighted by atomic mass is 9.59. The molecule has 39 heavy (non-hydrogen) atoms. The van der Waals surface area contributed by atoms with Gasteiger partial charge < -0.3 is 36.6 Å². The summed E-state index contributed by atoms with van der Waals surface area (Å²) in [6.07, 6.45) is -0.232. The maximum absolute atomic E-state index is 13.7. The molecule has 0 aliphatic heterocycles. The van der Waals surface area contributed by atoms with Crippen LogP contribution >= 0.6 is 0 Å². The van der Waals surface area contributed by atoms with Gasteiger partial charge in [-0.25, -0.2) is 0 Å². The summed E-state index contributed by atoms with van der Waals surface area (Å²) in [6.45, 7) is -0.965. The van der Waals surface area contributed by atoms with Crippen LogP contribution in [0.4, 0.5) is 0 Å². The third-order valence-corrected chi connectivity index (χ3v) is 7.85. The van der Waals surface area contributed by atoms with Crippen LogP contribution in [0.1, 0.15) is 29.5 Å². The Hall–Kier alpha value is -4.48. The number of hydrogen-bond donors (Lipinski definition) is 7. The Kier molecular flexibility index (Phi) is 6.28. The van der Waals surface area contributed by atoms with E-state index in [0.717, 1.165) is 5.56 Å². The Morgan fingerprint density at radius 3 is 2.41 bits per heavy atom. The van der Waals surface area contributed by atoms with Crippen LogP contribution in [-0.2, 0) is 32.1 Å². The van der Waals surface area contributed by atoms with E-state index in [1.165, 1.54) is 0 Å². The summed E-state index contributed by atoms with van der Waals surface area (Å²) in [4.78, 5) is 49.8. The van der Waals surface area contributed by atoms with Crippen LogP contribution in [0.3, 0.4) is 0 Å². The van der Waals surface area contributed by atoms with E-state index in [4.69, 9.17) is 10.8 Å². The highest BCUT2D eigenvalue weighted by Crippen LogP contribution is 2.53. The monoisotopic (exact) mass is 534 g/mol. The van der Waals surface area contributed by atoms with Crippen molar-refractivity contribution >= 4 is 29.1 Å². The Bertz CT molecular complexity index is 1510. The molecule has 202 valence electrons. The summed E-state index contributed by atoms with van der Waals surface area (Å²) >= 11 is 0. The highest BCUT2D eigenvalue weighted by molar-refractivity contribution is 6.22. The van der Waals surface area contributed by atoms with E-state index in [9.17, 15) is 39.6 Å². The van der Waals surface area contributed by atoms with Gasteiger partial charge in [-0.1, -0.05) is 30.3 Å². The van der Waals surface area contributed by atoms with Crippen molar-refractivity contribution in [2.75, 3.05) is 6.61 Å². The van der Waals surface area contributed by atoms with Crippen molar-refractivity contribution < 1.29 is 44.7 Å². The Labute approximate surface area is 221 Å². The second-order valence-electron chi connectivity index (χ2n) is 9.99. The molecule has 0 radical (unpaired) electrons. The molecule has 0 spiro atoms. The van der Waals surface area contributed by atoms with Crippen molar-refractivity contribution in [3.8, 4) is 16.9 Å². The lowest BCUT2D eigenvalue weighted by Crippen LogP contribution is -2.58. The first-order valence-corrected chi connectivity index (χ1v) is 12.3. The second kappa shape index (κ2) is 9.37. The molecule has 3 atom stereocenters. The number of benzene rings is 2.